The van der Waals surface area contributed by atoms with Gasteiger partial charge in [-0.15, -0.1) is 0 Å². The molecule has 0 aliphatic heterocycles. The summed E-state index contributed by atoms with van der Waals surface area (Å²) in [6, 6.07) is 15.2. The molecule has 184 valence electrons. The molecule has 7 heteroatoms. The minimum atomic E-state index is -0.875. The summed E-state index contributed by atoms with van der Waals surface area (Å²) in [5.41, 5.74) is 4.58. The van der Waals surface area contributed by atoms with Gasteiger partial charge in [0.05, 0.1) is 5.92 Å². The molecule has 1 unspecified atom stereocenters. The number of aliphatic carboxylic acids is 1. The van der Waals surface area contributed by atoms with Gasteiger partial charge in [0.25, 0.3) is 0 Å². The molecular formula is C28H32N2O5. The van der Waals surface area contributed by atoms with E-state index in [9.17, 15) is 19.5 Å². The Balaban J connectivity index is 1.24. The van der Waals surface area contributed by atoms with Crippen molar-refractivity contribution < 1.29 is 24.2 Å². The van der Waals surface area contributed by atoms with Gasteiger partial charge in [-0.1, -0.05) is 67.8 Å². The number of carboxylic acids is 1. The number of benzene rings is 2. The molecule has 0 saturated heterocycles. The Bertz CT molecular complexity index is 1070. The van der Waals surface area contributed by atoms with E-state index in [0.717, 1.165) is 54.4 Å². The number of alkyl carbamates (subject to hydrolysis) is 1. The van der Waals surface area contributed by atoms with Crippen molar-refractivity contribution in [2.75, 3.05) is 6.61 Å². The lowest BCUT2D eigenvalue weighted by Gasteiger charge is -2.36. The van der Waals surface area contributed by atoms with Gasteiger partial charge in [-0.2, -0.15) is 0 Å². The lowest BCUT2D eigenvalue weighted by molar-refractivity contribution is -0.144. The molecule has 2 aromatic rings. The van der Waals surface area contributed by atoms with Crippen LogP contribution in [0.25, 0.3) is 11.1 Å². The third kappa shape index (κ3) is 4.77. The van der Waals surface area contributed by atoms with E-state index in [1.807, 2.05) is 24.3 Å². The Kier molecular flexibility index (Phi) is 6.75. The number of carbonyl (C=O) groups is 3. The van der Waals surface area contributed by atoms with E-state index in [2.05, 4.69) is 34.9 Å². The van der Waals surface area contributed by atoms with Crippen molar-refractivity contribution >= 4 is 18.0 Å². The third-order valence-corrected chi connectivity index (χ3v) is 7.93. The van der Waals surface area contributed by atoms with Crippen LogP contribution in [0.5, 0.6) is 0 Å². The maximum absolute atomic E-state index is 13.2. The highest BCUT2D eigenvalue weighted by Crippen LogP contribution is 2.44. The van der Waals surface area contributed by atoms with Gasteiger partial charge in [-0.05, 0) is 53.9 Å². The first-order valence-electron chi connectivity index (χ1n) is 12.7. The minimum Gasteiger partial charge on any atom is -0.481 e. The summed E-state index contributed by atoms with van der Waals surface area (Å²) in [4.78, 5) is 37.6. The Morgan fingerprint density at radius 1 is 0.886 bits per heavy atom. The van der Waals surface area contributed by atoms with Gasteiger partial charge in [0, 0.05) is 12.0 Å². The van der Waals surface area contributed by atoms with Crippen LogP contribution in [0.3, 0.4) is 0 Å². The molecule has 3 N–H and O–H groups in total. The van der Waals surface area contributed by atoms with E-state index in [1.165, 1.54) is 0 Å². The largest absolute Gasteiger partial charge is 0.481 e. The zero-order valence-corrected chi connectivity index (χ0v) is 19.7. The summed E-state index contributed by atoms with van der Waals surface area (Å²) < 4.78 is 5.66. The number of hydrogen-bond acceptors (Lipinski definition) is 4. The summed E-state index contributed by atoms with van der Waals surface area (Å²) >= 11 is 0. The van der Waals surface area contributed by atoms with E-state index in [0.29, 0.717) is 12.8 Å². The molecule has 3 aliphatic rings. The maximum Gasteiger partial charge on any atom is 0.407 e. The number of fused-ring (bicyclic) bond motifs is 3. The average molecular weight is 477 g/mol. The van der Waals surface area contributed by atoms with Crippen molar-refractivity contribution in [3.8, 4) is 11.1 Å². The van der Waals surface area contributed by atoms with Crippen LogP contribution < -0.4 is 10.6 Å². The first-order valence-corrected chi connectivity index (χ1v) is 12.7. The van der Waals surface area contributed by atoms with Crippen molar-refractivity contribution in [1.29, 1.82) is 0 Å². The third-order valence-electron chi connectivity index (χ3n) is 7.93. The van der Waals surface area contributed by atoms with Crippen LogP contribution in [0.15, 0.2) is 48.5 Å². The molecule has 0 aromatic heterocycles. The summed E-state index contributed by atoms with van der Waals surface area (Å²) in [7, 11) is 0. The zero-order chi connectivity index (χ0) is 24.4. The van der Waals surface area contributed by atoms with Gasteiger partial charge < -0.3 is 20.5 Å². The quantitative estimate of drug-likeness (QED) is 0.548. The van der Waals surface area contributed by atoms with E-state index in [1.54, 1.807) is 0 Å². The molecule has 0 heterocycles. The summed E-state index contributed by atoms with van der Waals surface area (Å²) in [6.45, 7) is 0.183. The predicted molar refractivity (Wildman–Crippen MR) is 131 cm³/mol. The van der Waals surface area contributed by atoms with E-state index in [-0.39, 0.29) is 24.3 Å². The Labute approximate surface area is 205 Å². The van der Waals surface area contributed by atoms with Crippen LogP contribution in [0.1, 0.15) is 62.0 Å². The summed E-state index contributed by atoms with van der Waals surface area (Å²) in [6.07, 6.45) is 5.07. The average Bonchev–Trinajstić information content (AvgIpc) is 3.15. The van der Waals surface area contributed by atoms with Crippen LogP contribution in [-0.2, 0) is 14.3 Å². The van der Waals surface area contributed by atoms with Gasteiger partial charge in [0.15, 0.2) is 0 Å². The van der Waals surface area contributed by atoms with Crippen molar-refractivity contribution in [3.63, 3.8) is 0 Å². The molecule has 35 heavy (non-hydrogen) atoms. The van der Waals surface area contributed by atoms with Crippen LogP contribution in [0, 0.1) is 11.8 Å². The Hall–Kier alpha value is -3.35. The van der Waals surface area contributed by atoms with E-state index < -0.39 is 30.1 Å². The second kappa shape index (κ2) is 10.1. The topological polar surface area (TPSA) is 105 Å². The first-order chi connectivity index (χ1) is 17.0. The normalized spacial score (nSPS) is 22.3. The van der Waals surface area contributed by atoms with Gasteiger partial charge >= 0.3 is 12.1 Å². The van der Waals surface area contributed by atoms with Gasteiger partial charge in [-0.3, -0.25) is 9.59 Å². The van der Waals surface area contributed by atoms with Crippen molar-refractivity contribution in [3.05, 3.63) is 59.7 Å². The van der Waals surface area contributed by atoms with Crippen LogP contribution in [0.2, 0.25) is 0 Å². The SMILES string of the molecule is O=C(NC(C(=O)N[C@H]1CCCC[C@H]1C(=O)O)C1CCC1)OCC1c2ccccc2-c2ccccc21. The molecule has 2 amide bonds. The molecule has 2 aromatic carbocycles. The number of ether oxygens (including phenoxy) is 1. The zero-order valence-electron chi connectivity index (χ0n) is 19.7. The number of carboxylic acid groups (broad SMARTS) is 1. The first kappa shape index (κ1) is 23.4. The van der Waals surface area contributed by atoms with Crippen molar-refractivity contribution in [2.45, 2.75) is 62.9 Å². The Morgan fingerprint density at radius 3 is 2.11 bits per heavy atom. The van der Waals surface area contributed by atoms with Gasteiger partial charge in [0.2, 0.25) is 5.91 Å². The molecule has 7 nitrogen and oxygen atoms in total. The number of hydrogen-bond donors (Lipinski definition) is 3. The molecule has 2 saturated carbocycles. The highest BCUT2D eigenvalue weighted by Gasteiger charge is 2.38. The second-order valence-electron chi connectivity index (χ2n) is 9.98. The van der Waals surface area contributed by atoms with Gasteiger partial charge in [-0.25, -0.2) is 4.79 Å². The smallest absolute Gasteiger partial charge is 0.407 e. The number of nitrogens with one attached hydrogen (secondary N) is 2. The van der Waals surface area contributed by atoms with E-state index >= 15 is 0 Å². The number of carbonyl (C=O) groups excluding carboxylic acids is 2. The fourth-order valence-corrected chi connectivity index (χ4v) is 5.81. The molecule has 0 spiro atoms. The molecule has 0 bridgehead atoms. The fourth-order valence-electron chi connectivity index (χ4n) is 5.81. The van der Waals surface area contributed by atoms with Crippen molar-refractivity contribution in [1.82, 2.24) is 10.6 Å². The predicted octanol–water partition coefficient (Wildman–Crippen LogP) is 4.45. The number of rotatable bonds is 7. The van der Waals surface area contributed by atoms with Crippen molar-refractivity contribution in [2.24, 2.45) is 11.8 Å². The molecule has 5 rings (SSSR count). The molecule has 0 radical (unpaired) electrons. The second-order valence-corrected chi connectivity index (χ2v) is 9.98. The number of amides is 2. The van der Waals surface area contributed by atoms with Crippen LogP contribution in [0.4, 0.5) is 4.79 Å². The maximum atomic E-state index is 13.2. The van der Waals surface area contributed by atoms with Crippen LogP contribution in [-0.4, -0.2) is 41.8 Å². The highest BCUT2D eigenvalue weighted by molar-refractivity contribution is 5.87. The monoisotopic (exact) mass is 476 g/mol. The summed E-state index contributed by atoms with van der Waals surface area (Å²) in [5.74, 6) is -1.77. The summed E-state index contributed by atoms with van der Waals surface area (Å²) in [5, 5.41) is 15.3. The standard InChI is InChI=1S/C28H32N2O5/c31-26(29-24-15-6-5-14-22(24)27(32)33)25(17-8-7-9-17)30-28(34)35-16-23-20-12-3-1-10-18(20)19-11-2-4-13-21(19)23/h1-4,10-13,17,22-25H,5-9,14-16H2,(H,29,31)(H,30,34)(H,32,33)/t22-,24+,25?/m1/s1. The van der Waals surface area contributed by atoms with Crippen LogP contribution >= 0.6 is 0 Å². The molecule has 3 aliphatic carbocycles. The Morgan fingerprint density at radius 2 is 1.51 bits per heavy atom. The van der Waals surface area contributed by atoms with E-state index in [4.69, 9.17) is 4.74 Å². The molecule has 2 fully saturated rings. The fraction of sp³-hybridized carbons (Fsp3) is 0.464. The van der Waals surface area contributed by atoms with Gasteiger partial charge in [0.1, 0.15) is 12.6 Å². The lowest BCUT2D eigenvalue weighted by Crippen LogP contribution is -2.56. The molecular weight excluding hydrogens is 444 g/mol. The highest BCUT2D eigenvalue weighted by atomic mass is 16.5. The molecule has 3 atom stereocenters. The lowest BCUT2D eigenvalue weighted by atomic mass is 9.78. The minimum absolute atomic E-state index is 0.0438.